The molecule has 0 aromatic rings. The molecule has 19 heavy (non-hydrogen) atoms. The Labute approximate surface area is 116 Å². The minimum atomic E-state index is -1.22. The van der Waals surface area contributed by atoms with Gasteiger partial charge in [0.2, 0.25) is 0 Å². The second kappa shape index (κ2) is 6.06. The van der Waals surface area contributed by atoms with Crippen molar-refractivity contribution in [2.24, 2.45) is 5.92 Å². The van der Waals surface area contributed by atoms with Crippen molar-refractivity contribution in [3.8, 4) is 0 Å². The zero-order chi connectivity index (χ0) is 14.8. The molecule has 0 saturated carbocycles. The minimum absolute atomic E-state index is 0.0483. The summed E-state index contributed by atoms with van der Waals surface area (Å²) in [7, 11) is 0. The fourth-order valence-electron chi connectivity index (χ4n) is 2.66. The van der Waals surface area contributed by atoms with Crippen molar-refractivity contribution in [2.45, 2.75) is 65.3 Å². The Kier molecular flexibility index (Phi) is 5.16. The Morgan fingerprint density at radius 1 is 1.21 bits per heavy atom. The Bertz CT molecular complexity index is 341. The summed E-state index contributed by atoms with van der Waals surface area (Å²) in [5.41, 5.74) is -1.22. The van der Waals surface area contributed by atoms with Crippen LogP contribution in [0.2, 0.25) is 0 Å². The number of ether oxygens (including phenoxy) is 1. The molecule has 0 unspecified atom stereocenters. The largest absolute Gasteiger partial charge is 0.389 e. The van der Waals surface area contributed by atoms with Crippen LogP contribution in [0.5, 0.6) is 0 Å². The number of aliphatic hydroxyl groups is 1. The van der Waals surface area contributed by atoms with Crippen LogP contribution >= 0.6 is 0 Å². The quantitative estimate of drug-likeness (QED) is 0.776. The lowest BCUT2D eigenvalue weighted by molar-refractivity contribution is -0.168. The SMILES string of the molecule is CC(C)[C@H](O)[C@@]1(C(=O)N(C(C)C)C(C)C)C=CCO1. The standard InChI is InChI=1S/C15H27NO3/c1-10(2)13(17)15(8-7-9-19-15)14(18)16(11(3)4)12(5)6/h7-8,10-13,17H,9H2,1-6H3/t13-,15+/m0/s1. The minimum Gasteiger partial charge on any atom is -0.389 e. The third-order valence-corrected chi connectivity index (χ3v) is 3.54. The topological polar surface area (TPSA) is 49.8 Å². The van der Waals surface area contributed by atoms with E-state index in [1.807, 2.05) is 47.6 Å². The number of amides is 1. The monoisotopic (exact) mass is 269 g/mol. The number of hydrogen-bond acceptors (Lipinski definition) is 3. The summed E-state index contributed by atoms with van der Waals surface area (Å²) in [6.45, 7) is 12.1. The first-order chi connectivity index (χ1) is 8.74. The first kappa shape index (κ1) is 16.2. The summed E-state index contributed by atoms with van der Waals surface area (Å²) in [5.74, 6) is -0.194. The van der Waals surface area contributed by atoms with E-state index in [2.05, 4.69) is 0 Å². The first-order valence-electron chi connectivity index (χ1n) is 7.06. The number of hydrogen-bond donors (Lipinski definition) is 1. The van der Waals surface area contributed by atoms with E-state index in [1.54, 1.807) is 11.0 Å². The normalized spacial score (nSPS) is 24.5. The highest BCUT2D eigenvalue weighted by molar-refractivity contribution is 5.89. The molecule has 1 heterocycles. The third-order valence-electron chi connectivity index (χ3n) is 3.54. The maximum atomic E-state index is 12.9. The lowest BCUT2D eigenvalue weighted by atomic mass is 9.87. The average Bonchev–Trinajstić information content (AvgIpc) is 2.76. The number of rotatable bonds is 5. The zero-order valence-electron chi connectivity index (χ0n) is 12.9. The van der Waals surface area contributed by atoms with Crippen LogP contribution in [0.25, 0.3) is 0 Å². The summed E-state index contributed by atoms with van der Waals surface area (Å²) in [5, 5.41) is 10.4. The van der Waals surface area contributed by atoms with Gasteiger partial charge < -0.3 is 14.7 Å². The first-order valence-corrected chi connectivity index (χ1v) is 7.06. The van der Waals surface area contributed by atoms with E-state index in [1.165, 1.54) is 0 Å². The van der Waals surface area contributed by atoms with Gasteiger partial charge in [-0.1, -0.05) is 19.9 Å². The molecule has 0 radical (unpaired) electrons. The van der Waals surface area contributed by atoms with Crippen molar-refractivity contribution in [1.29, 1.82) is 0 Å². The molecule has 4 nitrogen and oxygen atoms in total. The van der Waals surface area contributed by atoms with Gasteiger partial charge in [-0.05, 0) is 39.7 Å². The van der Waals surface area contributed by atoms with Crippen LogP contribution in [-0.2, 0) is 9.53 Å². The number of carbonyl (C=O) groups is 1. The van der Waals surface area contributed by atoms with Gasteiger partial charge in [0.1, 0.15) is 0 Å². The van der Waals surface area contributed by atoms with Gasteiger partial charge in [-0.3, -0.25) is 4.79 Å². The van der Waals surface area contributed by atoms with Gasteiger partial charge in [-0.15, -0.1) is 0 Å². The van der Waals surface area contributed by atoms with Crippen molar-refractivity contribution in [3.05, 3.63) is 12.2 Å². The maximum absolute atomic E-state index is 12.9. The van der Waals surface area contributed by atoms with Gasteiger partial charge in [0, 0.05) is 12.1 Å². The molecule has 2 atom stereocenters. The predicted molar refractivity (Wildman–Crippen MR) is 75.8 cm³/mol. The van der Waals surface area contributed by atoms with Gasteiger partial charge in [-0.2, -0.15) is 0 Å². The summed E-state index contributed by atoms with van der Waals surface area (Å²) in [4.78, 5) is 14.7. The fraction of sp³-hybridized carbons (Fsp3) is 0.800. The molecule has 1 N–H and O–H groups in total. The van der Waals surface area contributed by atoms with Crippen LogP contribution in [0.3, 0.4) is 0 Å². The van der Waals surface area contributed by atoms with E-state index in [0.29, 0.717) is 6.61 Å². The van der Waals surface area contributed by atoms with E-state index in [9.17, 15) is 9.90 Å². The van der Waals surface area contributed by atoms with Crippen molar-refractivity contribution in [3.63, 3.8) is 0 Å². The number of aliphatic hydroxyl groups excluding tert-OH is 1. The van der Waals surface area contributed by atoms with Crippen LogP contribution in [0.1, 0.15) is 41.5 Å². The second-order valence-corrected chi connectivity index (χ2v) is 6.10. The molecular formula is C15H27NO3. The van der Waals surface area contributed by atoms with Crippen LogP contribution in [0.15, 0.2) is 12.2 Å². The van der Waals surface area contributed by atoms with E-state index in [-0.39, 0.29) is 23.9 Å². The Morgan fingerprint density at radius 3 is 2.05 bits per heavy atom. The molecule has 0 spiro atoms. The Hall–Kier alpha value is -0.870. The zero-order valence-corrected chi connectivity index (χ0v) is 12.9. The highest BCUT2D eigenvalue weighted by Crippen LogP contribution is 2.31. The molecule has 1 aliphatic rings. The summed E-state index contributed by atoms with van der Waals surface area (Å²) in [6, 6.07) is 0.141. The van der Waals surface area contributed by atoms with Crippen molar-refractivity contribution < 1.29 is 14.6 Å². The molecule has 1 rings (SSSR count). The Balaban J connectivity index is 3.12. The lowest BCUT2D eigenvalue weighted by Crippen LogP contribution is -2.59. The van der Waals surface area contributed by atoms with E-state index in [0.717, 1.165) is 0 Å². The van der Waals surface area contributed by atoms with Gasteiger partial charge in [0.25, 0.3) is 5.91 Å². The van der Waals surface area contributed by atoms with Gasteiger partial charge in [0.15, 0.2) is 5.60 Å². The second-order valence-electron chi connectivity index (χ2n) is 6.10. The van der Waals surface area contributed by atoms with E-state index < -0.39 is 11.7 Å². The molecule has 1 aliphatic heterocycles. The maximum Gasteiger partial charge on any atom is 0.262 e. The smallest absolute Gasteiger partial charge is 0.262 e. The van der Waals surface area contributed by atoms with Crippen LogP contribution < -0.4 is 0 Å². The molecule has 0 saturated heterocycles. The van der Waals surface area contributed by atoms with E-state index in [4.69, 9.17) is 4.74 Å². The molecule has 0 aromatic heterocycles. The third kappa shape index (κ3) is 3.00. The van der Waals surface area contributed by atoms with Gasteiger partial charge in [0.05, 0.1) is 12.7 Å². The highest BCUT2D eigenvalue weighted by Gasteiger charge is 2.50. The molecule has 0 fully saturated rings. The highest BCUT2D eigenvalue weighted by atomic mass is 16.5. The van der Waals surface area contributed by atoms with Gasteiger partial charge >= 0.3 is 0 Å². The van der Waals surface area contributed by atoms with Crippen LogP contribution in [0.4, 0.5) is 0 Å². The van der Waals surface area contributed by atoms with Crippen molar-refractivity contribution >= 4 is 5.91 Å². The average molecular weight is 269 g/mol. The number of nitrogens with zero attached hydrogens (tertiary/aromatic N) is 1. The van der Waals surface area contributed by atoms with Crippen LogP contribution in [0, 0.1) is 5.92 Å². The lowest BCUT2D eigenvalue weighted by Gasteiger charge is -2.41. The Morgan fingerprint density at radius 2 is 1.74 bits per heavy atom. The predicted octanol–water partition coefficient (Wildman–Crippen LogP) is 1.97. The summed E-state index contributed by atoms with van der Waals surface area (Å²) in [6.07, 6.45) is 2.69. The molecular weight excluding hydrogens is 242 g/mol. The molecule has 4 heteroatoms. The molecule has 1 amide bonds. The van der Waals surface area contributed by atoms with Gasteiger partial charge in [-0.25, -0.2) is 0 Å². The molecule has 0 aliphatic carbocycles. The van der Waals surface area contributed by atoms with E-state index >= 15 is 0 Å². The summed E-state index contributed by atoms with van der Waals surface area (Å²) < 4.78 is 5.65. The molecule has 0 aromatic carbocycles. The summed E-state index contributed by atoms with van der Waals surface area (Å²) >= 11 is 0. The number of carbonyl (C=O) groups excluding carboxylic acids is 1. The molecule has 110 valence electrons. The van der Waals surface area contributed by atoms with Crippen LogP contribution in [-0.4, -0.2) is 46.3 Å². The molecule has 0 bridgehead atoms. The van der Waals surface area contributed by atoms with Crippen molar-refractivity contribution in [2.75, 3.05) is 6.61 Å². The van der Waals surface area contributed by atoms with Crippen molar-refractivity contribution in [1.82, 2.24) is 4.90 Å². The fourth-order valence-corrected chi connectivity index (χ4v) is 2.66.